The van der Waals surface area contributed by atoms with E-state index in [1.165, 1.54) is 48.8 Å². The minimum Gasteiger partial charge on any atom is -0.465 e. The number of aliphatic hydroxyl groups is 1. The molecule has 0 radical (unpaired) electrons. The Morgan fingerprint density at radius 3 is 2.43 bits per heavy atom. The number of hydrogen-bond acceptors (Lipinski definition) is 4. The standard InChI is InChI=1S/C35H42FN3O5/c1-24(18-25-8-3-2-4-9-25)33(41)38-16-14-35(44,15-17-38)23-39-22-30(27-11-7-10-26(19-27)21-37-34(42)43)29(20-32(39)40)28-12-5-6-13-31(28)36/h5-7,10-13,19-20,22,24-25,37,44H,2-4,8-9,14-18,21,23H2,1H3,(H,42,43). The van der Waals surface area contributed by atoms with Gasteiger partial charge >= 0.3 is 6.09 Å². The summed E-state index contributed by atoms with van der Waals surface area (Å²) in [6.07, 6.45) is 8.31. The number of nitrogens with one attached hydrogen (secondary N) is 1. The van der Waals surface area contributed by atoms with Crippen molar-refractivity contribution in [3.8, 4) is 22.3 Å². The molecule has 44 heavy (non-hydrogen) atoms. The van der Waals surface area contributed by atoms with Crippen LogP contribution < -0.4 is 10.9 Å². The molecule has 1 unspecified atom stereocenters. The Morgan fingerprint density at radius 2 is 1.73 bits per heavy atom. The lowest BCUT2D eigenvalue weighted by Gasteiger charge is -2.39. The summed E-state index contributed by atoms with van der Waals surface area (Å²) in [5.41, 5.74) is 1.10. The summed E-state index contributed by atoms with van der Waals surface area (Å²) >= 11 is 0. The van der Waals surface area contributed by atoms with Crippen LogP contribution in [0, 0.1) is 17.7 Å². The summed E-state index contributed by atoms with van der Waals surface area (Å²) in [5.74, 6) is 0.250. The van der Waals surface area contributed by atoms with Crippen LogP contribution in [0.3, 0.4) is 0 Å². The molecular formula is C35H42FN3O5. The lowest BCUT2D eigenvalue weighted by atomic mass is 9.82. The van der Waals surface area contributed by atoms with E-state index in [1.54, 1.807) is 42.6 Å². The van der Waals surface area contributed by atoms with Gasteiger partial charge in [0, 0.05) is 48.9 Å². The zero-order valence-corrected chi connectivity index (χ0v) is 25.3. The van der Waals surface area contributed by atoms with Crippen LogP contribution in [0.5, 0.6) is 0 Å². The number of aromatic nitrogens is 1. The monoisotopic (exact) mass is 603 g/mol. The van der Waals surface area contributed by atoms with Crippen LogP contribution in [-0.2, 0) is 17.9 Å². The largest absolute Gasteiger partial charge is 0.465 e. The lowest BCUT2D eigenvalue weighted by Crippen LogP contribution is -2.50. The summed E-state index contributed by atoms with van der Waals surface area (Å²) < 4.78 is 16.4. The summed E-state index contributed by atoms with van der Waals surface area (Å²) in [4.78, 5) is 39.5. The van der Waals surface area contributed by atoms with Crippen molar-refractivity contribution in [2.45, 2.75) is 77.0 Å². The van der Waals surface area contributed by atoms with Gasteiger partial charge in [0.1, 0.15) is 5.82 Å². The van der Waals surface area contributed by atoms with Gasteiger partial charge in [0.2, 0.25) is 5.91 Å². The van der Waals surface area contributed by atoms with E-state index in [0.29, 0.717) is 54.1 Å². The average Bonchev–Trinajstić information content (AvgIpc) is 3.02. The Kier molecular flexibility index (Phi) is 9.84. The van der Waals surface area contributed by atoms with Crippen molar-refractivity contribution in [2.24, 2.45) is 11.8 Å². The molecule has 2 aliphatic rings. The van der Waals surface area contributed by atoms with E-state index in [0.717, 1.165) is 6.42 Å². The molecule has 2 aromatic carbocycles. The van der Waals surface area contributed by atoms with E-state index in [2.05, 4.69) is 5.32 Å². The van der Waals surface area contributed by atoms with Gasteiger partial charge in [-0.05, 0) is 54.0 Å². The second kappa shape index (κ2) is 13.8. The number of nitrogens with zero attached hydrogens (tertiary/aromatic N) is 2. The van der Waals surface area contributed by atoms with E-state index < -0.39 is 17.5 Å². The Bertz CT molecular complexity index is 1540. The maximum Gasteiger partial charge on any atom is 0.404 e. The smallest absolute Gasteiger partial charge is 0.404 e. The van der Waals surface area contributed by atoms with Gasteiger partial charge in [0.25, 0.3) is 5.56 Å². The van der Waals surface area contributed by atoms with Crippen molar-refractivity contribution in [2.75, 3.05) is 13.1 Å². The number of pyridine rings is 1. The first kappa shape index (κ1) is 31.4. The van der Waals surface area contributed by atoms with Crippen LogP contribution in [0.25, 0.3) is 22.3 Å². The lowest BCUT2D eigenvalue weighted by molar-refractivity contribution is -0.140. The summed E-state index contributed by atoms with van der Waals surface area (Å²) in [6, 6.07) is 14.8. The fraction of sp³-hybridized carbons (Fsp3) is 0.457. The summed E-state index contributed by atoms with van der Waals surface area (Å²) in [7, 11) is 0. The SMILES string of the molecule is CC(CC1CCCCC1)C(=O)N1CCC(O)(Cn2cc(-c3cccc(CNC(=O)O)c3)c(-c3ccccc3F)cc2=O)CC1. The number of rotatable bonds is 9. The van der Waals surface area contributed by atoms with Gasteiger partial charge in [0.05, 0.1) is 12.1 Å². The molecule has 1 aliphatic heterocycles. The minimum atomic E-state index is -1.18. The number of piperidine rings is 1. The maximum atomic E-state index is 15.0. The zero-order chi connectivity index (χ0) is 31.3. The van der Waals surface area contributed by atoms with Crippen LogP contribution in [-0.4, -0.2) is 50.4 Å². The van der Waals surface area contributed by atoms with Gasteiger partial charge < -0.3 is 25.0 Å². The van der Waals surface area contributed by atoms with Gasteiger partial charge in [-0.2, -0.15) is 0 Å². The molecule has 3 aromatic rings. The number of amides is 2. The minimum absolute atomic E-state index is 0.0380. The van der Waals surface area contributed by atoms with Crippen molar-refractivity contribution in [3.05, 3.63) is 82.5 Å². The first-order valence-electron chi connectivity index (χ1n) is 15.7. The normalized spacial score (nSPS) is 17.7. The van der Waals surface area contributed by atoms with Gasteiger partial charge in [-0.1, -0.05) is 75.4 Å². The first-order valence-corrected chi connectivity index (χ1v) is 15.7. The molecule has 2 amide bonds. The highest BCUT2D eigenvalue weighted by molar-refractivity contribution is 5.83. The fourth-order valence-electron chi connectivity index (χ4n) is 6.81. The second-order valence-electron chi connectivity index (χ2n) is 12.6. The van der Waals surface area contributed by atoms with Crippen LogP contribution in [0.15, 0.2) is 65.6 Å². The summed E-state index contributed by atoms with van der Waals surface area (Å²) in [5, 5.41) is 23.0. The molecule has 0 bridgehead atoms. The Hall–Kier alpha value is -3.98. The molecular weight excluding hydrogens is 561 g/mol. The van der Waals surface area contributed by atoms with E-state index in [4.69, 9.17) is 5.11 Å². The Balaban J connectivity index is 1.36. The molecule has 234 valence electrons. The van der Waals surface area contributed by atoms with Crippen molar-refractivity contribution < 1.29 is 24.2 Å². The molecule has 5 rings (SSSR count). The van der Waals surface area contributed by atoms with Gasteiger partial charge in [-0.3, -0.25) is 9.59 Å². The Morgan fingerprint density at radius 1 is 1.00 bits per heavy atom. The number of halogens is 1. The third-order valence-electron chi connectivity index (χ3n) is 9.28. The third kappa shape index (κ3) is 7.56. The van der Waals surface area contributed by atoms with Gasteiger partial charge in [-0.15, -0.1) is 0 Å². The molecule has 1 saturated heterocycles. The van der Waals surface area contributed by atoms with Crippen LogP contribution in [0.2, 0.25) is 0 Å². The molecule has 1 atom stereocenters. The fourth-order valence-corrected chi connectivity index (χ4v) is 6.81. The van der Waals surface area contributed by atoms with E-state index in [9.17, 15) is 23.9 Å². The average molecular weight is 604 g/mol. The van der Waals surface area contributed by atoms with Crippen LogP contribution in [0.4, 0.5) is 9.18 Å². The van der Waals surface area contributed by atoms with Crippen molar-refractivity contribution in [1.82, 2.24) is 14.8 Å². The highest BCUT2D eigenvalue weighted by Crippen LogP contribution is 2.34. The quantitative estimate of drug-likeness (QED) is 0.276. The van der Waals surface area contributed by atoms with Crippen molar-refractivity contribution >= 4 is 12.0 Å². The predicted octanol–water partition coefficient (Wildman–Crippen LogP) is 6.05. The molecule has 2 fully saturated rings. The van der Waals surface area contributed by atoms with E-state index in [-0.39, 0.29) is 36.0 Å². The molecule has 8 nitrogen and oxygen atoms in total. The van der Waals surface area contributed by atoms with E-state index >= 15 is 0 Å². The number of carboxylic acid groups (broad SMARTS) is 1. The Labute approximate surface area is 257 Å². The number of carbonyl (C=O) groups is 2. The van der Waals surface area contributed by atoms with Crippen LogP contribution in [0.1, 0.15) is 63.9 Å². The number of likely N-dealkylation sites (tertiary alicyclic amines) is 1. The van der Waals surface area contributed by atoms with Gasteiger partial charge in [0.15, 0.2) is 0 Å². The number of benzene rings is 2. The zero-order valence-electron chi connectivity index (χ0n) is 25.3. The topological polar surface area (TPSA) is 112 Å². The molecule has 1 aromatic heterocycles. The van der Waals surface area contributed by atoms with Gasteiger partial charge in [-0.25, -0.2) is 9.18 Å². The number of carbonyl (C=O) groups excluding carboxylic acids is 1. The maximum absolute atomic E-state index is 15.0. The predicted molar refractivity (Wildman–Crippen MR) is 168 cm³/mol. The molecule has 0 spiro atoms. The third-order valence-corrected chi connectivity index (χ3v) is 9.28. The molecule has 1 aliphatic carbocycles. The highest BCUT2D eigenvalue weighted by Gasteiger charge is 2.36. The molecule has 9 heteroatoms. The van der Waals surface area contributed by atoms with Crippen LogP contribution >= 0.6 is 0 Å². The second-order valence-corrected chi connectivity index (χ2v) is 12.6. The molecule has 2 heterocycles. The van der Waals surface area contributed by atoms with Crippen molar-refractivity contribution in [1.29, 1.82) is 0 Å². The summed E-state index contributed by atoms with van der Waals surface area (Å²) in [6.45, 7) is 3.00. The van der Waals surface area contributed by atoms with Crippen molar-refractivity contribution in [3.63, 3.8) is 0 Å². The highest BCUT2D eigenvalue weighted by atomic mass is 19.1. The first-order chi connectivity index (χ1) is 21.1. The molecule has 3 N–H and O–H groups in total. The number of hydrogen-bond donors (Lipinski definition) is 3. The van der Waals surface area contributed by atoms with E-state index in [1.807, 2.05) is 17.9 Å². The molecule has 1 saturated carbocycles.